The van der Waals surface area contributed by atoms with E-state index in [0.29, 0.717) is 12.5 Å². The van der Waals surface area contributed by atoms with E-state index in [-0.39, 0.29) is 42.5 Å². The molecular weight excluding hydrogens is 541 g/mol. The molecule has 8 heteroatoms. The lowest BCUT2D eigenvalue weighted by atomic mass is 9.88. The zero-order chi connectivity index (χ0) is 23.2. The Kier molecular flexibility index (Phi) is 9.20. The molecule has 0 fully saturated rings. The first-order valence-corrected chi connectivity index (χ1v) is 11.5. The van der Waals surface area contributed by atoms with Crippen molar-refractivity contribution in [2.45, 2.75) is 31.7 Å². The SMILES string of the molecule is COc1cccc2[nH]cc(CCNC(=NCC(=O)N(C)C)NC3CCc4ccccc4C3)c12.I. The third-order valence-electron chi connectivity index (χ3n) is 6.21. The van der Waals surface area contributed by atoms with Gasteiger partial charge in [-0.25, -0.2) is 4.99 Å². The molecule has 0 saturated heterocycles. The van der Waals surface area contributed by atoms with Crippen LogP contribution in [0.4, 0.5) is 0 Å². The second-order valence-electron chi connectivity index (χ2n) is 8.68. The molecule has 4 rings (SSSR count). The Hall–Kier alpha value is -2.75. The molecule has 3 aromatic rings. The van der Waals surface area contributed by atoms with E-state index in [2.05, 4.69) is 50.9 Å². The normalized spacial score (nSPS) is 15.3. The van der Waals surface area contributed by atoms with Gasteiger partial charge in [-0.1, -0.05) is 30.3 Å². The Morgan fingerprint density at radius 2 is 1.97 bits per heavy atom. The average Bonchev–Trinajstić information content (AvgIpc) is 3.25. The molecule has 2 aromatic carbocycles. The van der Waals surface area contributed by atoms with Gasteiger partial charge in [0.1, 0.15) is 12.3 Å². The van der Waals surface area contributed by atoms with Gasteiger partial charge in [-0.05, 0) is 54.5 Å². The van der Waals surface area contributed by atoms with Gasteiger partial charge < -0.3 is 25.3 Å². The van der Waals surface area contributed by atoms with Crippen LogP contribution >= 0.6 is 24.0 Å². The van der Waals surface area contributed by atoms with Crippen LogP contribution in [0.1, 0.15) is 23.1 Å². The van der Waals surface area contributed by atoms with Crippen LogP contribution in [0.25, 0.3) is 10.9 Å². The Balaban J connectivity index is 0.00000324. The zero-order valence-corrected chi connectivity index (χ0v) is 22.4. The lowest BCUT2D eigenvalue weighted by Gasteiger charge is -2.27. The molecule has 3 N–H and O–H groups in total. The maximum absolute atomic E-state index is 12.1. The zero-order valence-electron chi connectivity index (χ0n) is 20.1. The number of rotatable bonds is 7. The van der Waals surface area contributed by atoms with E-state index in [9.17, 15) is 4.79 Å². The number of fused-ring (bicyclic) bond motifs is 2. The molecule has 1 aromatic heterocycles. The number of benzene rings is 2. The van der Waals surface area contributed by atoms with Gasteiger partial charge in [-0.2, -0.15) is 0 Å². The van der Waals surface area contributed by atoms with Crippen molar-refractivity contribution in [2.75, 3.05) is 34.3 Å². The van der Waals surface area contributed by atoms with E-state index in [1.807, 2.05) is 18.3 Å². The fraction of sp³-hybridized carbons (Fsp3) is 0.385. The minimum Gasteiger partial charge on any atom is -0.496 e. The fourth-order valence-electron chi connectivity index (χ4n) is 4.36. The molecular formula is C26H34IN5O2. The number of nitrogens with one attached hydrogen (secondary N) is 3. The number of guanidine groups is 1. The lowest BCUT2D eigenvalue weighted by molar-refractivity contribution is -0.127. The number of ether oxygens (including phenoxy) is 1. The summed E-state index contributed by atoms with van der Waals surface area (Å²) in [7, 11) is 5.20. The molecule has 1 aliphatic rings. The van der Waals surface area contributed by atoms with Gasteiger partial charge in [-0.3, -0.25) is 4.79 Å². The molecule has 1 atom stereocenters. The van der Waals surface area contributed by atoms with E-state index in [0.717, 1.165) is 42.3 Å². The summed E-state index contributed by atoms with van der Waals surface area (Å²) in [6.07, 6.45) is 5.88. The number of likely N-dealkylation sites (N-methyl/N-ethyl adjacent to an activating group) is 1. The smallest absolute Gasteiger partial charge is 0.243 e. The number of aryl methyl sites for hydroxylation is 1. The van der Waals surface area contributed by atoms with Crippen molar-refractivity contribution in [3.05, 3.63) is 65.4 Å². The average molecular weight is 575 g/mol. The van der Waals surface area contributed by atoms with E-state index < -0.39 is 0 Å². The van der Waals surface area contributed by atoms with Gasteiger partial charge in [0.25, 0.3) is 0 Å². The van der Waals surface area contributed by atoms with Crippen LogP contribution in [-0.4, -0.2) is 62.1 Å². The van der Waals surface area contributed by atoms with Gasteiger partial charge in [0.2, 0.25) is 5.91 Å². The Bertz CT molecular complexity index is 1140. The molecule has 7 nitrogen and oxygen atoms in total. The number of hydrogen-bond acceptors (Lipinski definition) is 3. The van der Waals surface area contributed by atoms with Crippen molar-refractivity contribution < 1.29 is 9.53 Å². The largest absolute Gasteiger partial charge is 0.496 e. The minimum atomic E-state index is -0.0218. The standard InChI is InChI=1S/C26H33N5O2.HI/c1-31(2)24(32)17-29-26(30-21-12-11-18-7-4-5-8-19(18)15-21)27-14-13-20-16-28-22-9-6-10-23(33-3)25(20)22;/h4-10,16,21,28H,11-15,17H2,1-3H3,(H2,27,29,30);1H. The number of hydrogen-bond donors (Lipinski definition) is 3. The number of nitrogens with zero attached hydrogens (tertiary/aromatic N) is 2. The number of amides is 1. The predicted octanol–water partition coefficient (Wildman–Crippen LogP) is 3.52. The van der Waals surface area contributed by atoms with E-state index in [1.54, 1.807) is 26.1 Å². The number of carbonyl (C=O) groups excluding carboxylic acids is 1. The fourth-order valence-corrected chi connectivity index (χ4v) is 4.36. The highest BCUT2D eigenvalue weighted by Crippen LogP contribution is 2.28. The van der Waals surface area contributed by atoms with E-state index >= 15 is 0 Å². The van der Waals surface area contributed by atoms with E-state index in [4.69, 9.17) is 4.74 Å². The number of aliphatic imine (C=N–C) groups is 1. The van der Waals surface area contributed by atoms with Crippen molar-refractivity contribution in [3.8, 4) is 5.75 Å². The van der Waals surface area contributed by atoms with Crippen molar-refractivity contribution in [2.24, 2.45) is 4.99 Å². The highest BCUT2D eigenvalue weighted by Gasteiger charge is 2.19. The van der Waals surface area contributed by atoms with Crippen LogP contribution < -0.4 is 15.4 Å². The molecule has 1 aliphatic carbocycles. The van der Waals surface area contributed by atoms with Crippen LogP contribution in [0.15, 0.2) is 53.7 Å². The van der Waals surface area contributed by atoms with Gasteiger partial charge in [0.15, 0.2) is 5.96 Å². The molecule has 1 unspecified atom stereocenters. The van der Waals surface area contributed by atoms with Gasteiger partial charge in [-0.15, -0.1) is 24.0 Å². The lowest BCUT2D eigenvalue weighted by Crippen LogP contribution is -2.46. The number of carbonyl (C=O) groups is 1. The number of halogens is 1. The van der Waals surface area contributed by atoms with Crippen LogP contribution in [0.2, 0.25) is 0 Å². The maximum atomic E-state index is 12.1. The van der Waals surface area contributed by atoms with E-state index in [1.165, 1.54) is 16.7 Å². The summed E-state index contributed by atoms with van der Waals surface area (Å²) in [5, 5.41) is 8.12. The third kappa shape index (κ3) is 6.22. The summed E-state index contributed by atoms with van der Waals surface area (Å²) in [5.41, 5.74) is 5.06. The molecule has 0 radical (unpaired) electrons. The third-order valence-corrected chi connectivity index (χ3v) is 6.21. The maximum Gasteiger partial charge on any atom is 0.243 e. The number of aromatic nitrogens is 1. The number of H-pyrrole nitrogens is 1. The van der Waals surface area contributed by atoms with Crippen molar-refractivity contribution in [1.29, 1.82) is 0 Å². The van der Waals surface area contributed by atoms with Crippen LogP contribution in [0, 0.1) is 0 Å². The van der Waals surface area contributed by atoms with Crippen LogP contribution in [0.3, 0.4) is 0 Å². The first kappa shape index (κ1) is 25.9. The van der Waals surface area contributed by atoms with Gasteiger partial charge in [0.05, 0.1) is 7.11 Å². The molecule has 1 heterocycles. The van der Waals surface area contributed by atoms with Crippen molar-refractivity contribution >= 4 is 46.7 Å². The molecule has 0 bridgehead atoms. The predicted molar refractivity (Wildman–Crippen MR) is 148 cm³/mol. The summed E-state index contributed by atoms with van der Waals surface area (Å²) in [6.45, 7) is 0.808. The second-order valence-corrected chi connectivity index (χ2v) is 8.68. The molecule has 0 aliphatic heterocycles. The summed E-state index contributed by atoms with van der Waals surface area (Å²) in [4.78, 5) is 21.6. The highest BCUT2D eigenvalue weighted by molar-refractivity contribution is 14.0. The molecule has 0 spiro atoms. The van der Waals surface area contributed by atoms with Gasteiger partial charge >= 0.3 is 0 Å². The van der Waals surface area contributed by atoms with Crippen molar-refractivity contribution in [1.82, 2.24) is 20.5 Å². The first-order chi connectivity index (χ1) is 16.0. The Morgan fingerprint density at radius 3 is 2.74 bits per heavy atom. The Morgan fingerprint density at radius 1 is 1.18 bits per heavy atom. The summed E-state index contributed by atoms with van der Waals surface area (Å²) in [5.74, 6) is 1.53. The topological polar surface area (TPSA) is 81.7 Å². The molecule has 0 saturated carbocycles. The molecule has 182 valence electrons. The second kappa shape index (κ2) is 12.1. The van der Waals surface area contributed by atoms with Crippen molar-refractivity contribution in [3.63, 3.8) is 0 Å². The first-order valence-electron chi connectivity index (χ1n) is 11.5. The summed E-state index contributed by atoms with van der Waals surface area (Å²) >= 11 is 0. The Labute approximate surface area is 218 Å². The number of methoxy groups -OCH3 is 1. The quantitative estimate of drug-likeness (QED) is 0.229. The monoisotopic (exact) mass is 575 g/mol. The van der Waals surface area contributed by atoms with Gasteiger partial charge in [0, 0.05) is 43.8 Å². The summed E-state index contributed by atoms with van der Waals surface area (Å²) in [6, 6.07) is 14.9. The minimum absolute atomic E-state index is 0. The highest BCUT2D eigenvalue weighted by atomic mass is 127. The summed E-state index contributed by atoms with van der Waals surface area (Å²) < 4.78 is 5.55. The van der Waals surface area contributed by atoms with Crippen LogP contribution in [-0.2, 0) is 24.1 Å². The molecule has 1 amide bonds. The molecule has 34 heavy (non-hydrogen) atoms. The number of aromatic amines is 1. The van der Waals surface area contributed by atoms with Crippen LogP contribution in [0.5, 0.6) is 5.75 Å².